The molecule has 0 radical (unpaired) electrons. The minimum atomic E-state index is -3.97. The molecule has 1 N–H and O–H groups in total. The number of hydrogen-bond acceptors (Lipinski definition) is 6. The van der Waals surface area contributed by atoms with Gasteiger partial charge in [-0.15, -0.1) is 0 Å². The molecule has 328 valence electrons. The molecular formula is C46H92NO7S+. The van der Waals surface area contributed by atoms with Crippen LogP contribution in [0.4, 0.5) is 0 Å². The molecule has 0 aliphatic rings. The number of quaternary nitrogens is 1. The first-order valence-corrected chi connectivity index (χ1v) is 25.3. The van der Waals surface area contributed by atoms with Crippen LogP contribution in [0.3, 0.4) is 0 Å². The van der Waals surface area contributed by atoms with Gasteiger partial charge >= 0.3 is 11.9 Å². The first kappa shape index (κ1) is 53.8. The predicted octanol–water partition coefficient (Wildman–Crippen LogP) is 13.1. The average Bonchev–Trinajstić information content (AvgIpc) is 3.14. The zero-order chi connectivity index (χ0) is 40.7. The van der Waals surface area contributed by atoms with Crippen molar-refractivity contribution in [2.45, 2.75) is 245 Å². The molecule has 8 nitrogen and oxygen atoms in total. The fourth-order valence-electron chi connectivity index (χ4n) is 7.68. The van der Waals surface area contributed by atoms with Crippen molar-refractivity contribution >= 4 is 22.1 Å². The molecule has 0 saturated carbocycles. The monoisotopic (exact) mass is 803 g/mol. The number of nitrogens with zero attached hydrogens (tertiary/aromatic N) is 1. The van der Waals surface area contributed by atoms with Gasteiger partial charge in [0.25, 0.3) is 10.1 Å². The van der Waals surface area contributed by atoms with E-state index in [4.69, 9.17) is 9.47 Å². The van der Waals surface area contributed by atoms with Crippen molar-refractivity contribution in [3.8, 4) is 0 Å². The highest BCUT2D eigenvalue weighted by atomic mass is 32.2. The smallest absolute Gasteiger partial charge is 0.306 e. The van der Waals surface area contributed by atoms with Crippen molar-refractivity contribution in [3.63, 3.8) is 0 Å². The van der Waals surface area contributed by atoms with Crippen LogP contribution < -0.4 is 0 Å². The maximum absolute atomic E-state index is 12.8. The van der Waals surface area contributed by atoms with Gasteiger partial charge in [-0.3, -0.25) is 14.1 Å². The van der Waals surface area contributed by atoms with Gasteiger partial charge in [-0.2, -0.15) is 8.42 Å². The van der Waals surface area contributed by atoms with Crippen molar-refractivity contribution in [1.82, 2.24) is 0 Å². The van der Waals surface area contributed by atoms with Crippen molar-refractivity contribution in [1.29, 1.82) is 0 Å². The molecule has 0 heterocycles. The van der Waals surface area contributed by atoms with Crippen molar-refractivity contribution in [2.75, 3.05) is 39.0 Å². The molecule has 1 unspecified atom stereocenters. The van der Waals surface area contributed by atoms with Crippen LogP contribution in [0.1, 0.15) is 239 Å². The van der Waals surface area contributed by atoms with Crippen LogP contribution in [0.15, 0.2) is 0 Å². The highest BCUT2D eigenvalue weighted by Crippen LogP contribution is 2.19. The Morgan fingerprint density at radius 1 is 0.491 bits per heavy atom. The Balaban J connectivity index is 4.40. The van der Waals surface area contributed by atoms with Gasteiger partial charge in [-0.1, -0.05) is 149 Å². The van der Waals surface area contributed by atoms with E-state index >= 15 is 0 Å². The molecule has 0 aliphatic carbocycles. The fraction of sp³-hybridized carbons (Fsp3) is 0.957. The van der Waals surface area contributed by atoms with Crippen LogP contribution in [0.5, 0.6) is 0 Å². The van der Waals surface area contributed by atoms with E-state index in [-0.39, 0.29) is 23.8 Å². The van der Waals surface area contributed by atoms with E-state index < -0.39 is 10.1 Å². The van der Waals surface area contributed by atoms with Gasteiger partial charge in [-0.25, -0.2) is 0 Å². The van der Waals surface area contributed by atoms with Crippen molar-refractivity contribution in [2.24, 2.45) is 0 Å². The maximum Gasteiger partial charge on any atom is 0.306 e. The molecule has 0 aliphatic heterocycles. The minimum absolute atomic E-state index is 0.0305. The number of ether oxygens (including phenoxy) is 2. The lowest BCUT2D eigenvalue weighted by molar-refractivity contribution is -0.910. The zero-order valence-electron chi connectivity index (χ0n) is 36.9. The Labute approximate surface area is 341 Å². The largest absolute Gasteiger partial charge is 0.466 e. The Bertz CT molecular complexity index is 959. The third kappa shape index (κ3) is 39.4. The molecule has 0 aromatic carbocycles. The van der Waals surface area contributed by atoms with E-state index in [0.717, 1.165) is 107 Å². The van der Waals surface area contributed by atoms with Crippen LogP contribution in [0.25, 0.3) is 0 Å². The fourth-order valence-corrected chi connectivity index (χ4v) is 8.17. The molecule has 55 heavy (non-hydrogen) atoms. The van der Waals surface area contributed by atoms with Gasteiger partial charge in [0, 0.05) is 19.3 Å². The Morgan fingerprint density at radius 2 is 0.855 bits per heavy atom. The van der Waals surface area contributed by atoms with E-state index in [0.29, 0.717) is 32.4 Å². The number of unbranched alkanes of at least 4 members (excludes halogenated alkanes) is 24. The summed E-state index contributed by atoms with van der Waals surface area (Å²) in [5.41, 5.74) is 0. The Hall–Kier alpha value is -1.19. The number of carbonyl (C=O) groups is 2. The number of hydrogen-bond donors (Lipinski definition) is 1. The minimum Gasteiger partial charge on any atom is -0.466 e. The van der Waals surface area contributed by atoms with Crippen LogP contribution in [0.2, 0.25) is 0 Å². The molecule has 0 aromatic heterocycles. The van der Waals surface area contributed by atoms with E-state index in [1.165, 1.54) is 109 Å². The lowest BCUT2D eigenvalue weighted by Crippen LogP contribution is -2.46. The van der Waals surface area contributed by atoms with E-state index in [1.807, 2.05) is 0 Å². The normalized spacial score (nSPS) is 13.0. The topological polar surface area (TPSA) is 107 Å². The highest BCUT2D eigenvalue weighted by molar-refractivity contribution is 7.85. The summed E-state index contributed by atoms with van der Waals surface area (Å²) in [5.74, 6) is -0.336. The van der Waals surface area contributed by atoms with Crippen molar-refractivity contribution < 1.29 is 36.5 Å². The third-order valence-electron chi connectivity index (χ3n) is 11.3. The second kappa shape index (κ2) is 38.3. The van der Waals surface area contributed by atoms with Crippen LogP contribution in [-0.4, -0.2) is 74.5 Å². The summed E-state index contributed by atoms with van der Waals surface area (Å²) >= 11 is 0. The molecule has 1 atom stereocenters. The summed E-state index contributed by atoms with van der Waals surface area (Å²) in [4.78, 5) is 25.0. The quantitative estimate of drug-likeness (QED) is 0.0283. The van der Waals surface area contributed by atoms with Crippen molar-refractivity contribution in [3.05, 3.63) is 0 Å². The summed E-state index contributed by atoms with van der Waals surface area (Å²) in [6.45, 7) is 9.84. The standard InChI is InChI=1S/C46H91NO7S/c1-5-8-11-14-17-18-19-25-33-42-53-45(48)37-30-26-32-40-47(4,41-34-43-55(50,51)52)39-31-24-20-23-29-38-46(49)54-44(35-27-21-15-12-9-6-2)36-28-22-16-13-10-7-3/h44H,5-43H2,1-4H3/p+1. The van der Waals surface area contributed by atoms with Crippen LogP contribution in [-0.2, 0) is 29.2 Å². The number of esters is 2. The van der Waals surface area contributed by atoms with Gasteiger partial charge in [-0.05, 0) is 70.6 Å². The molecule has 0 spiro atoms. The second-order valence-electron chi connectivity index (χ2n) is 17.0. The zero-order valence-corrected chi connectivity index (χ0v) is 37.7. The van der Waals surface area contributed by atoms with Gasteiger partial charge in [0.05, 0.1) is 39.0 Å². The molecule has 0 aromatic rings. The molecule has 0 bridgehead atoms. The summed E-state index contributed by atoms with van der Waals surface area (Å²) in [6.07, 6.45) is 37.5. The predicted molar refractivity (Wildman–Crippen MR) is 232 cm³/mol. The molecule has 9 heteroatoms. The van der Waals surface area contributed by atoms with Gasteiger partial charge in [0.15, 0.2) is 0 Å². The van der Waals surface area contributed by atoms with Crippen LogP contribution in [0, 0.1) is 0 Å². The summed E-state index contributed by atoms with van der Waals surface area (Å²) < 4.78 is 44.3. The first-order chi connectivity index (χ1) is 26.5. The highest BCUT2D eigenvalue weighted by Gasteiger charge is 2.22. The summed E-state index contributed by atoms with van der Waals surface area (Å²) in [6, 6.07) is 0. The molecule has 0 amide bonds. The Kier molecular flexibility index (Phi) is 37.5. The second-order valence-corrected chi connectivity index (χ2v) is 18.6. The van der Waals surface area contributed by atoms with E-state index in [9.17, 15) is 22.6 Å². The molecule has 0 fully saturated rings. The molecule has 0 saturated heterocycles. The summed E-state index contributed by atoms with van der Waals surface area (Å²) in [7, 11) is -1.79. The van der Waals surface area contributed by atoms with Crippen LogP contribution >= 0.6 is 0 Å². The SMILES string of the molecule is CCCCCCCCCCCOC(=O)CCCCC[N+](C)(CCCCCCCC(=O)OC(CCCCCCCC)CCCCCCCC)CCCS(=O)(=O)O. The Morgan fingerprint density at radius 3 is 1.33 bits per heavy atom. The third-order valence-corrected chi connectivity index (χ3v) is 12.1. The first-order valence-electron chi connectivity index (χ1n) is 23.7. The molecule has 0 rings (SSSR count). The van der Waals surface area contributed by atoms with Gasteiger partial charge < -0.3 is 14.0 Å². The van der Waals surface area contributed by atoms with Gasteiger partial charge in [0.1, 0.15) is 6.10 Å². The lowest BCUT2D eigenvalue weighted by atomic mass is 10.0. The number of rotatable bonds is 43. The lowest BCUT2D eigenvalue weighted by Gasteiger charge is -2.35. The molecular weight excluding hydrogens is 711 g/mol. The average molecular weight is 803 g/mol. The van der Waals surface area contributed by atoms with E-state index in [2.05, 4.69) is 27.8 Å². The van der Waals surface area contributed by atoms with Gasteiger partial charge in [0.2, 0.25) is 0 Å². The maximum atomic E-state index is 12.8. The number of carbonyl (C=O) groups excluding carboxylic acids is 2. The summed E-state index contributed by atoms with van der Waals surface area (Å²) in [5, 5.41) is 0. The van der Waals surface area contributed by atoms with E-state index in [1.54, 1.807) is 0 Å².